The molecule has 1 aliphatic rings. The monoisotopic (exact) mass is 461 g/mol. The maximum absolute atomic E-state index is 12.4. The zero-order chi connectivity index (χ0) is 23.9. The smallest absolute Gasteiger partial charge is 0.363 e. The lowest BCUT2D eigenvalue weighted by Crippen LogP contribution is -2.05. The number of hydrogen-bond donors (Lipinski definition) is 0. The van der Waals surface area contributed by atoms with Crippen LogP contribution in [0.4, 0.5) is 0 Å². The first-order valence-corrected chi connectivity index (χ1v) is 11.3. The summed E-state index contributed by atoms with van der Waals surface area (Å²) in [5.74, 6) is 1.01. The number of nitrogens with zero attached hydrogens (tertiary/aromatic N) is 1. The summed E-state index contributed by atoms with van der Waals surface area (Å²) in [6, 6.07) is 34.8. The van der Waals surface area contributed by atoms with Crippen LogP contribution in [-0.4, -0.2) is 11.9 Å². The van der Waals surface area contributed by atoms with Gasteiger partial charge in [0.05, 0.1) is 0 Å². The van der Waals surface area contributed by atoms with E-state index < -0.39 is 5.97 Å². The quantitative estimate of drug-likeness (QED) is 0.232. The number of aliphatic imine (C=N–C) groups is 1. The van der Waals surface area contributed by atoms with Crippen molar-refractivity contribution in [3.05, 3.63) is 137 Å². The van der Waals surface area contributed by atoms with E-state index in [1.807, 2.05) is 109 Å². The first kappa shape index (κ1) is 22.2. The Morgan fingerprint density at radius 3 is 1.89 bits per heavy atom. The second kappa shape index (κ2) is 10.5. The molecule has 0 unspecified atom stereocenters. The van der Waals surface area contributed by atoms with Gasteiger partial charge >= 0.3 is 5.97 Å². The summed E-state index contributed by atoms with van der Waals surface area (Å²) in [6.45, 7) is 0.806. The fourth-order valence-corrected chi connectivity index (χ4v) is 3.59. The van der Waals surface area contributed by atoms with E-state index in [1.54, 1.807) is 6.08 Å². The molecule has 1 heterocycles. The van der Waals surface area contributed by atoms with Crippen LogP contribution in [0, 0.1) is 0 Å². The van der Waals surface area contributed by atoms with Gasteiger partial charge in [0.2, 0.25) is 5.90 Å². The lowest BCUT2D eigenvalue weighted by Gasteiger charge is -2.14. The number of cyclic esters (lactones) is 1. The highest BCUT2D eigenvalue weighted by Crippen LogP contribution is 2.31. The molecule has 5 nitrogen and oxygen atoms in total. The van der Waals surface area contributed by atoms with Gasteiger partial charge in [-0.2, -0.15) is 0 Å². The third-order valence-corrected chi connectivity index (χ3v) is 5.39. The third-order valence-electron chi connectivity index (χ3n) is 5.39. The molecule has 0 radical (unpaired) electrons. The lowest BCUT2D eigenvalue weighted by molar-refractivity contribution is -0.129. The number of benzene rings is 4. The van der Waals surface area contributed by atoms with Gasteiger partial charge in [-0.3, -0.25) is 0 Å². The van der Waals surface area contributed by atoms with Crippen LogP contribution in [0.15, 0.2) is 120 Å². The second-order valence-electron chi connectivity index (χ2n) is 7.96. The molecule has 1 aliphatic heterocycles. The minimum atomic E-state index is -0.486. The van der Waals surface area contributed by atoms with Crippen molar-refractivity contribution in [3.8, 4) is 11.5 Å². The van der Waals surface area contributed by atoms with E-state index in [-0.39, 0.29) is 5.70 Å². The van der Waals surface area contributed by atoms with Gasteiger partial charge in [-0.15, -0.1) is 0 Å². The van der Waals surface area contributed by atoms with Gasteiger partial charge in [-0.25, -0.2) is 9.79 Å². The summed E-state index contributed by atoms with van der Waals surface area (Å²) in [5.41, 5.74) is 3.84. The van der Waals surface area contributed by atoms with Crippen LogP contribution in [0.1, 0.15) is 22.3 Å². The number of rotatable bonds is 8. The number of ether oxygens (including phenoxy) is 3. The first-order chi connectivity index (χ1) is 17.2. The Morgan fingerprint density at radius 2 is 1.26 bits per heavy atom. The van der Waals surface area contributed by atoms with E-state index in [4.69, 9.17) is 14.2 Å². The minimum Gasteiger partial charge on any atom is -0.485 e. The summed E-state index contributed by atoms with van der Waals surface area (Å²) in [6.07, 6.45) is 1.69. The normalized spacial score (nSPS) is 13.9. The van der Waals surface area contributed by atoms with Crippen molar-refractivity contribution in [3.63, 3.8) is 0 Å². The predicted octanol–water partition coefficient (Wildman–Crippen LogP) is 6.19. The summed E-state index contributed by atoms with van der Waals surface area (Å²) in [7, 11) is 0. The highest BCUT2D eigenvalue weighted by atomic mass is 16.6. The second-order valence-corrected chi connectivity index (χ2v) is 7.96. The molecule has 0 spiro atoms. The Balaban J connectivity index is 1.40. The molecule has 0 saturated carbocycles. The van der Waals surface area contributed by atoms with Crippen LogP contribution in [0.2, 0.25) is 0 Å². The Hall–Kier alpha value is -4.64. The van der Waals surface area contributed by atoms with E-state index in [1.165, 1.54) is 0 Å². The Kier molecular flexibility index (Phi) is 6.67. The van der Waals surface area contributed by atoms with Crippen LogP contribution in [0.3, 0.4) is 0 Å². The molecule has 172 valence electrons. The molecule has 0 atom stereocenters. The van der Waals surface area contributed by atoms with Gasteiger partial charge in [0, 0.05) is 5.56 Å². The van der Waals surface area contributed by atoms with Gasteiger partial charge < -0.3 is 14.2 Å². The standard InChI is InChI=1S/C30H23NO4/c32-30-26(31-29(35-30)25-14-8-3-9-15-25)18-24-16-17-27(33-20-22-10-4-1-5-11-22)28(19-24)34-21-23-12-6-2-7-13-23/h1-19H,20-21H2/b26-18-. The Bertz CT molecular complexity index is 1360. The molecule has 5 heteroatoms. The Morgan fingerprint density at radius 1 is 0.686 bits per heavy atom. The summed E-state index contributed by atoms with van der Waals surface area (Å²) < 4.78 is 17.6. The topological polar surface area (TPSA) is 57.1 Å². The van der Waals surface area contributed by atoms with Crippen molar-refractivity contribution in [1.82, 2.24) is 0 Å². The van der Waals surface area contributed by atoms with Gasteiger partial charge in [0.15, 0.2) is 17.2 Å². The van der Waals surface area contributed by atoms with E-state index in [0.717, 1.165) is 22.3 Å². The predicted molar refractivity (Wildman–Crippen MR) is 135 cm³/mol. The van der Waals surface area contributed by atoms with E-state index in [2.05, 4.69) is 4.99 Å². The van der Waals surface area contributed by atoms with Crippen LogP contribution in [0.5, 0.6) is 11.5 Å². The lowest BCUT2D eigenvalue weighted by atomic mass is 10.1. The summed E-state index contributed by atoms with van der Waals surface area (Å²) in [5, 5.41) is 0. The van der Waals surface area contributed by atoms with Crippen molar-refractivity contribution in [2.75, 3.05) is 0 Å². The number of carbonyl (C=O) groups excluding carboxylic acids is 1. The van der Waals surface area contributed by atoms with E-state index in [9.17, 15) is 4.79 Å². The maximum atomic E-state index is 12.4. The molecule has 5 rings (SSSR count). The van der Waals surface area contributed by atoms with Crippen molar-refractivity contribution in [1.29, 1.82) is 0 Å². The SMILES string of the molecule is O=C1OC(c2ccccc2)=N/C1=C\c1ccc(OCc2ccccc2)c(OCc2ccccc2)c1. The molecule has 0 aliphatic carbocycles. The van der Waals surface area contributed by atoms with E-state index in [0.29, 0.717) is 30.6 Å². The van der Waals surface area contributed by atoms with Gasteiger partial charge in [-0.1, -0.05) is 84.9 Å². The maximum Gasteiger partial charge on any atom is 0.363 e. The van der Waals surface area contributed by atoms with Crippen LogP contribution in [-0.2, 0) is 22.7 Å². The highest BCUT2D eigenvalue weighted by Gasteiger charge is 2.24. The van der Waals surface area contributed by atoms with Crippen molar-refractivity contribution >= 4 is 17.9 Å². The summed E-state index contributed by atoms with van der Waals surface area (Å²) in [4.78, 5) is 16.8. The fraction of sp³-hybridized carbons (Fsp3) is 0.0667. The molecule has 0 fully saturated rings. The zero-order valence-electron chi connectivity index (χ0n) is 19.0. The van der Waals surface area contributed by atoms with Gasteiger partial charge in [-0.05, 0) is 47.0 Å². The third kappa shape index (κ3) is 5.65. The van der Waals surface area contributed by atoms with E-state index >= 15 is 0 Å². The fourth-order valence-electron chi connectivity index (χ4n) is 3.59. The molecule has 0 amide bonds. The van der Waals surface area contributed by atoms with Crippen LogP contribution >= 0.6 is 0 Å². The number of hydrogen-bond acceptors (Lipinski definition) is 5. The van der Waals surface area contributed by atoms with Crippen LogP contribution < -0.4 is 9.47 Å². The molecule has 35 heavy (non-hydrogen) atoms. The van der Waals surface area contributed by atoms with Gasteiger partial charge in [0.25, 0.3) is 0 Å². The largest absolute Gasteiger partial charge is 0.485 e. The zero-order valence-corrected chi connectivity index (χ0v) is 19.0. The number of esters is 1. The number of carbonyl (C=O) groups is 1. The Labute approximate surface area is 203 Å². The van der Waals surface area contributed by atoms with Gasteiger partial charge in [0.1, 0.15) is 13.2 Å². The van der Waals surface area contributed by atoms with Crippen molar-refractivity contribution < 1.29 is 19.0 Å². The molecule has 0 aromatic heterocycles. The molecule has 4 aromatic carbocycles. The first-order valence-electron chi connectivity index (χ1n) is 11.3. The highest BCUT2D eigenvalue weighted by molar-refractivity contribution is 6.12. The molecular formula is C30H23NO4. The molecule has 4 aromatic rings. The molecule has 0 saturated heterocycles. The van der Waals surface area contributed by atoms with Crippen molar-refractivity contribution in [2.24, 2.45) is 4.99 Å². The van der Waals surface area contributed by atoms with Crippen molar-refractivity contribution in [2.45, 2.75) is 13.2 Å². The summed E-state index contributed by atoms with van der Waals surface area (Å²) >= 11 is 0. The molecule has 0 N–H and O–H groups in total. The molecule has 0 bridgehead atoms. The molecular weight excluding hydrogens is 438 g/mol. The van der Waals surface area contributed by atoms with Crippen LogP contribution in [0.25, 0.3) is 6.08 Å². The minimum absolute atomic E-state index is 0.232. The average Bonchev–Trinajstić information content (AvgIpc) is 3.28. The average molecular weight is 462 g/mol.